The number of aromatic nitrogens is 2. The molecule has 0 saturated carbocycles. The Kier molecular flexibility index (Phi) is 5.52. The third-order valence-corrected chi connectivity index (χ3v) is 2.02. The van der Waals surface area contributed by atoms with Gasteiger partial charge in [0.15, 0.2) is 0 Å². The number of nitrogens with zero attached hydrogens (tertiary/aromatic N) is 2. The largest absolute Gasteiger partial charge is 0.481 e. The lowest BCUT2D eigenvalue weighted by Crippen LogP contribution is -2.28. The number of ether oxygens (including phenoxy) is 2. The van der Waals surface area contributed by atoms with Crippen molar-refractivity contribution in [2.24, 2.45) is 5.73 Å². The van der Waals surface area contributed by atoms with E-state index in [9.17, 15) is 0 Å². The van der Waals surface area contributed by atoms with Gasteiger partial charge in [-0.25, -0.2) is 4.98 Å². The quantitative estimate of drug-likeness (QED) is 0.694. The molecule has 3 N–H and O–H groups in total. The number of nitrogens with one attached hydrogen (secondary N) is 1. The molecular formula is C10H18N4O2. The van der Waals surface area contributed by atoms with Gasteiger partial charge in [0, 0.05) is 32.0 Å². The second-order valence-corrected chi connectivity index (χ2v) is 3.35. The highest BCUT2D eigenvalue weighted by molar-refractivity contribution is 5.27. The maximum absolute atomic E-state index is 5.77. The van der Waals surface area contributed by atoms with Crippen molar-refractivity contribution in [3.63, 3.8) is 0 Å². The van der Waals surface area contributed by atoms with Gasteiger partial charge in [-0.2, -0.15) is 4.98 Å². The van der Waals surface area contributed by atoms with Gasteiger partial charge in [-0.3, -0.25) is 0 Å². The maximum Gasteiger partial charge on any atom is 0.225 e. The highest BCUT2D eigenvalue weighted by Crippen LogP contribution is 2.06. The van der Waals surface area contributed by atoms with Gasteiger partial charge in [0.2, 0.25) is 11.8 Å². The van der Waals surface area contributed by atoms with Crippen molar-refractivity contribution in [1.82, 2.24) is 9.97 Å². The van der Waals surface area contributed by atoms with E-state index in [2.05, 4.69) is 15.3 Å². The molecule has 0 fully saturated rings. The molecule has 0 aromatic carbocycles. The van der Waals surface area contributed by atoms with E-state index < -0.39 is 0 Å². The summed E-state index contributed by atoms with van der Waals surface area (Å²) in [7, 11) is 3.21. The normalized spacial score (nSPS) is 12.2. The summed E-state index contributed by atoms with van der Waals surface area (Å²) in [6.07, 6.45) is 2.44. The van der Waals surface area contributed by atoms with Crippen LogP contribution in [0, 0.1) is 0 Å². The number of anilines is 1. The first-order valence-corrected chi connectivity index (χ1v) is 5.11. The lowest BCUT2D eigenvalue weighted by Gasteiger charge is -2.10. The molecule has 0 radical (unpaired) electrons. The van der Waals surface area contributed by atoms with Crippen LogP contribution in [0.4, 0.5) is 5.95 Å². The van der Waals surface area contributed by atoms with Gasteiger partial charge in [0.1, 0.15) is 0 Å². The zero-order valence-corrected chi connectivity index (χ0v) is 9.64. The van der Waals surface area contributed by atoms with Crippen molar-refractivity contribution in [2.75, 3.05) is 32.7 Å². The summed E-state index contributed by atoms with van der Waals surface area (Å²) >= 11 is 0. The first-order chi connectivity index (χ1) is 7.76. The third kappa shape index (κ3) is 4.41. The molecule has 1 aromatic rings. The first-order valence-electron chi connectivity index (χ1n) is 5.11. The van der Waals surface area contributed by atoms with E-state index >= 15 is 0 Å². The minimum atomic E-state index is 0.0307. The molecule has 6 nitrogen and oxygen atoms in total. The van der Waals surface area contributed by atoms with E-state index in [1.807, 2.05) is 0 Å². The average Bonchev–Trinajstić information content (AvgIpc) is 2.30. The summed E-state index contributed by atoms with van der Waals surface area (Å²) in [5.41, 5.74) is 5.77. The van der Waals surface area contributed by atoms with Crippen LogP contribution in [0.1, 0.15) is 6.42 Å². The molecule has 16 heavy (non-hydrogen) atoms. The summed E-state index contributed by atoms with van der Waals surface area (Å²) in [6, 6.07) is 1.73. The zero-order valence-electron chi connectivity index (χ0n) is 9.64. The predicted molar refractivity (Wildman–Crippen MR) is 61.5 cm³/mol. The molecule has 1 unspecified atom stereocenters. The van der Waals surface area contributed by atoms with E-state index in [4.69, 9.17) is 15.2 Å². The Labute approximate surface area is 95.2 Å². The Morgan fingerprint density at radius 3 is 3.00 bits per heavy atom. The Balaban J connectivity index is 2.31. The van der Waals surface area contributed by atoms with Crippen LogP contribution in [-0.4, -0.2) is 43.4 Å². The van der Waals surface area contributed by atoms with Gasteiger partial charge >= 0.3 is 0 Å². The van der Waals surface area contributed by atoms with E-state index in [0.29, 0.717) is 25.0 Å². The molecule has 1 atom stereocenters. The molecular weight excluding hydrogens is 208 g/mol. The predicted octanol–water partition coefficient (Wildman–Crippen LogP) is 0.261. The summed E-state index contributed by atoms with van der Waals surface area (Å²) < 4.78 is 9.92. The second kappa shape index (κ2) is 6.97. The molecule has 0 bridgehead atoms. The van der Waals surface area contributed by atoms with Gasteiger partial charge in [-0.05, 0) is 6.42 Å². The topological polar surface area (TPSA) is 82.3 Å². The van der Waals surface area contributed by atoms with Gasteiger partial charge < -0.3 is 20.5 Å². The van der Waals surface area contributed by atoms with Gasteiger partial charge in [0.25, 0.3) is 0 Å². The number of hydrogen-bond donors (Lipinski definition) is 2. The highest BCUT2D eigenvalue weighted by Gasteiger charge is 2.02. The van der Waals surface area contributed by atoms with Crippen LogP contribution in [0.25, 0.3) is 0 Å². The van der Waals surface area contributed by atoms with Crippen molar-refractivity contribution >= 4 is 5.95 Å². The van der Waals surface area contributed by atoms with Crippen molar-refractivity contribution in [3.05, 3.63) is 12.3 Å². The lowest BCUT2D eigenvalue weighted by molar-refractivity contribution is 0.178. The van der Waals surface area contributed by atoms with Crippen molar-refractivity contribution in [2.45, 2.75) is 12.5 Å². The van der Waals surface area contributed by atoms with E-state index in [0.717, 1.165) is 6.42 Å². The van der Waals surface area contributed by atoms with Gasteiger partial charge in [0.05, 0.1) is 13.7 Å². The monoisotopic (exact) mass is 226 g/mol. The minimum Gasteiger partial charge on any atom is -0.481 e. The highest BCUT2D eigenvalue weighted by atomic mass is 16.5. The van der Waals surface area contributed by atoms with E-state index in [-0.39, 0.29) is 6.04 Å². The fraction of sp³-hybridized carbons (Fsp3) is 0.600. The van der Waals surface area contributed by atoms with Crippen LogP contribution in [0.2, 0.25) is 0 Å². The van der Waals surface area contributed by atoms with E-state index in [1.54, 1.807) is 26.5 Å². The number of methoxy groups -OCH3 is 2. The first kappa shape index (κ1) is 12.7. The van der Waals surface area contributed by atoms with E-state index in [1.165, 1.54) is 0 Å². The van der Waals surface area contributed by atoms with Crippen LogP contribution in [-0.2, 0) is 4.74 Å². The van der Waals surface area contributed by atoms with Crippen LogP contribution >= 0.6 is 0 Å². The van der Waals surface area contributed by atoms with Gasteiger partial charge in [-0.1, -0.05) is 0 Å². The van der Waals surface area contributed by atoms with Crippen molar-refractivity contribution < 1.29 is 9.47 Å². The number of nitrogens with two attached hydrogens (primary N) is 1. The minimum absolute atomic E-state index is 0.0307. The molecule has 1 rings (SSSR count). The molecule has 0 spiro atoms. The van der Waals surface area contributed by atoms with Crippen LogP contribution < -0.4 is 15.8 Å². The molecule has 1 aromatic heterocycles. The fourth-order valence-corrected chi connectivity index (χ4v) is 1.21. The fourth-order valence-electron chi connectivity index (χ4n) is 1.21. The summed E-state index contributed by atoms with van der Waals surface area (Å²) in [4.78, 5) is 8.17. The Hall–Kier alpha value is -1.40. The average molecular weight is 226 g/mol. The molecule has 6 heteroatoms. The third-order valence-electron chi connectivity index (χ3n) is 2.02. The standard InChI is InChI=1S/C10H18N4O2/c1-15-7-8(11)3-5-12-10-13-6-4-9(14-10)16-2/h4,6,8H,3,5,7,11H2,1-2H3,(H,12,13,14). The summed E-state index contributed by atoms with van der Waals surface area (Å²) in [6.45, 7) is 1.26. The smallest absolute Gasteiger partial charge is 0.225 e. The number of rotatable bonds is 7. The van der Waals surface area contributed by atoms with Gasteiger partial charge in [-0.15, -0.1) is 0 Å². The Morgan fingerprint density at radius 2 is 2.31 bits per heavy atom. The second-order valence-electron chi connectivity index (χ2n) is 3.35. The summed E-state index contributed by atoms with van der Waals surface area (Å²) in [5.74, 6) is 1.09. The van der Waals surface area contributed by atoms with Crippen LogP contribution in [0.3, 0.4) is 0 Å². The molecule has 0 saturated heterocycles. The molecule has 0 aliphatic carbocycles. The van der Waals surface area contributed by atoms with Crippen molar-refractivity contribution in [3.8, 4) is 5.88 Å². The number of hydrogen-bond acceptors (Lipinski definition) is 6. The SMILES string of the molecule is COCC(N)CCNc1nccc(OC)n1. The maximum atomic E-state index is 5.77. The Bertz CT molecular complexity index is 309. The molecule has 0 amide bonds. The lowest BCUT2D eigenvalue weighted by atomic mass is 10.2. The Morgan fingerprint density at radius 1 is 1.50 bits per heavy atom. The molecule has 1 heterocycles. The summed E-state index contributed by atoms with van der Waals surface area (Å²) in [5, 5.41) is 3.07. The molecule has 90 valence electrons. The van der Waals surface area contributed by atoms with Crippen LogP contribution in [0.15, 0.2) is 12.3 Å². The molecule has 0 aliphatic heterocycles. The van der Waals surface area contributed by atoms with Crippen LogP contribution in [0.5, 0.6) is 5.88 Å². The molecule has 0 aliphatic rings. The zero-order chi connectivity index (χ0) is 11.8. The van der Waals surface area contributed by atoms with Crippen molar-refractivity contribution in [1.29, 1.82) is 0 Å².